The lowest BCUT2D eigenvalue weighted by Crippen LogP contribution is -2.41. The highest BCUT2D eigenvalue weighted by Gasteiger charge is 2.37. The Morgan fingerprint density at radius 2 is 2.56 bits per heavy atom. The molecule has 88 valence electrons. The summed E-state index contributed by atoms with van der Waals surface area (Å²) in [6, 6.07) is -0.118. The van der Waals surface area contributed by atoms with E-state index in [-0.39, 0.29) is 16.7 Å². The molecule has 0 saturated carbocycles. The molecule has 5 nitrogen and oxygen atoms in total. The second-order valence-corrected chi connectivity index (χ2v) is 5.85. The SMILES string of the molecule is CC(NC(=O)C1(C)CCCS1)c1ncn[nH]1. The third-order valence-corrected chi connectivity index (χ3v) is 4.41. The highest BCUT2D eigenvalue weighted by molar-refractivity contribution is 8.01. The number of H-pyrrole nitrogens is 1. The lowest BCUT2D eigenvalue weighted by Gasteiger charge is -2.23. The van der Waals surface area contributed by atoms with Gasteiger partial charge in [0.05, 0.1) is 10.8 Å². The highest BCUT2D eigenvalue weighted by atomic mass is 32.2. The summed E-state index contributed by atoms with van der Waals surface area (Å²) < 4.78 is -0.270. The van der Waals surface area contributed by atoms with Gasteiger partial charge in [0.2, 0.25) is 5.91 Å². The molecule has 1 aromatic heterocycles. The summed E-state index contributed by atoms with van der Waals surface area (Å²) in [7, 11) is 0. The molecule has 0 aromatic carbocycles. The van der Waals surface area contributed by atoms with Crippen LogP contribution in [0.1, 0.15) is 38.6 Å². The largest absolute Gasteiger partial charge is 0.345 e. The molecule has 2 rings (SSSR count). The van der Waals surface area contributed by atoms with Crippen LogP contribution >= 0.6 is 11.8 Å². The van der Waals surface area contributed by atoms with Crippen LogP contribution in [0.2, 0.25) is 0 Å². The summed E-state index contributed by atoms with van der Waals surface area (Å²) >= 11 is 1.73. The maximum Gasteiger partial charge on any atom is 0.236 e. The maximum atomic E-state index is 12.1. The van der Waals surface area contributed by atoms with E-state index in [1.807, 2.05) is 13.8 Å². The van der Waals surface area contributed by atoms with E-state index in [4.69, 9.17) is 0 Å². The molecule has 0 bridgehead atoms. The molecule has 0 aliphatic carbocycles. The Morgan fingerprint density at radius 1 is 1.75 bits per heavy atom. The van der Waals surface area contributed by atoms with Gasteiger partial charge in [-0.2, -0.15) is 5.10 Å². The second-order valence-electron chi connectivity index (χ2n) is 4.25. The number of carbonyl (C=O) groups excluding carboxylic acids is 1. The van der Waals surface area contributed by atoms with Crippen LogP contribution in [0.3, 0.4) is 0 Å². The molecule has 2 N–H and O–H groups in total. The van der Waals surface area contributed by atoms with Gasteiger partial charge < -0.3 is 5.32 Å². The van der Waals surface area contributed by atoms with Gasteiger partial charge in [-0.1, -0.05) is 0 Å². The van der Waals surface area contributed by atoms with E-state index in [2.05, 4.69) is 20.5 Å². The molecule has 2 heterocycles. The smallest absolute Gasteiger partial charge is 0.236 e. The van der Waals surface area contributed by atoms with Crippen LogP contribution in [0.15, 0.2) is 6.33 Å². The zero-order valence-corrected chi connectivity index (χ0v) is 10.3. The first-order valence-electron chi connectivity index (χ1n) is 5.42. The molecule has 1 aliphatic heterocycles. The minimum Gasteiger partial charge on any atom is -0.345 e. The van der Waals surface area contributed by atoms with E-state index in [0.29, 0.717) is 5.82 Å². The van der Waals surface area contributed by atoms with E-state index in [0.717, 1.165) is 18.6 Å². The summed E-state index contributed by atoms with van der Waals surface area (Å²) in [5.74, 6) is 1.86. The van der Waals surface area contributed by atoms with E-state index < -0.39 is 0 Å². The molecule has 2 atom stereocenters. The molecular weight excluding hydrogens is 224 g/mol. The Balaban J connectivity index is 1.97. The topological polar surface area (TPSA) is 70.7 Å². The fourth-order valence-electron chi connectivity index (χ4n) is 1.80. The average molecular weight is 240 g/mol. The number of hydrogen-bond acceptors (Lipinski definition) is 4. The van der Waals surface area contributed by atoms with Crippen LogP contribution in [0.5, 0.6) is 0 Å². The number of nitrogens with one attached hydrogen (secondary N) is 2. The van der Waals surface area contributed by atoms with Crippen molar-refractivity contribution in [1.82, 2.24) is 20.5 Å². The van der Waals surface area contributed by atoms with Crippen LogP contribution < -0.4 is 5.32 Å². The Morgan fingerprint density at radius 3 is 3.12 bits per heavy atom. The highest BCUT2D eigenvalue weighted by Crippen LogP contribution is 2.38. The Labute approximate surface area is 98.8 Å². The zero-order chi connectivity index (χ0) is 11.6. The van der Waals surface area contributed by atoms with Gasteiger partial charge >= 0.3 is 0 Å². The van der Waals surface area contributed by atoms with Gasteiger partial charge in [0.25, 0.3) is 0 Å². The predicted octanol–water partition coefficient (Wildman–Crippen LogP) is 1.27. The van der Waals surface area contributed by atoms with Crippen molar-refractivity contribution in [3.8, 4) is 0 Å². The standard InChI is InChI=1S/C10H16N4OS/c1-7(8-11-6-12-14-8)13-9(15)10(2)4-3-5-16-10/h6-7H,3-5H2,1-2H3,(H,13,15)(H,11,12,14). The molecule has 1 saturated heterocycles. The van der Waals surface area contributed by atoms with Crippen molar-refractivity contribution in [2.24, 2.45) is 0 Å². The molecular formula is C10H16N4OS. The van der Waals surface area contributed by atoms with Crippen molar-refractivity contribution in [1.29, 1.82) is 0 Å². The maximum absolute atomic E-state index is 12.1. The van der Waals surface area contributed by atoms with Gasteiger partial charge in [-0.15, -0.1) is 11.8 Å². The van der Waals surface area contributed by atoms with Gasteiger partial charge in [0.1, 0.15) is 12.2 Å². The minimum atomic E-state index is -0.270. The second kappa shape index (κ2) is 4.45. The quantitative estimate of drug-likeness (QED) is 0.834. The first-order valence-corrected chi connectivity index (χ1v) is 6.40. The minimum absolute atomic E-state index is 0.0962. The third-order valence-electron chi connectivity index (χ3n) is 2.89. The van der Waals surface area contributed by atoms with Crippen LogP contribution in [-0.4, -0.2) is 31.6 Å². The number of hydrogen-bond donors (Lipinski definition) is 2. The van der Waals surface area contributed by atoms with Crippen molar-refractivity contribution in [2.45, 2.75) is 37.5 Å². The van der Waals surface area contributed by atoms with E-state index in [1.165, 1.54) is 6.33 Å². The lowest BCUT2D eigenvalue weighted by molar-refractivity contribution is -0.123. The molecule has 0 spiro atoms. The Kier molecular flexibility index (Phi) is 3.18. The first-order chi connectivity index (χ1) is 7.62. The molecule has 1 fully saturated rings. The van der Waals surface area contributed by atoms with Crippen molar-refractivity contribution < 1.29 is 4.79 Å². The van der Waals surface area contributed by atoms with Crippen molar-refractivity contribution in [3.63, 3.8) is 0 Å². The number of amides is 1. The predicted molar refractivity (Wildman–Crippen MR) is 63.0 cm³/mol. The van der Waals surface area contributed by atoms with Crippen molar-refractivity contribution in [2.75, 3.05) is 5.75 Å². The number of rotatable bonds is 3. The normalized spacial score (nSPS) is 26.6. The van der Waals surface area contributed by atoms with Crippen LogP contribution in [0.25, 0.3) is 0 Å². The molecule has 1 amide bonds. The monoisotopic (exact) mass is 240 g/mol. The summed E-state index contributed by atoms with van der Waals surface area (Å²) in [4.78, 5) is 16.1. The number of carbonyl (C=O) groups is 1. The molecule has 16 heavy (non-hydrogen) atoms. The molecule has 1 aromatic rings. The summed E-state index contributed by atoms with van der Waals surface area (Å²) in [6.07, 6.45) is 3.52. The first kappa shape index (κ1) is 11.4. The van der Waals surface area contributed by atoms with E-state index >= 15 is 0 Å². The zero-order valence-electron chi connectivity index (χ0n) is 9.49. The number of aromatic nitrogens is 3. The van der Waals surface area contributed by atoms with Gasteiger partial charge in [-0.25, -0.2) is 4.98 Å². The summed E-state index contributed by atoms with van der Waals surface area (Å²) in [6.45, 7) is 3.91. The molecule has 2 unspecified atom stereocenters. The van der Waals surface area contributed by atoms with Crippen LogP contribution in [0, 0.1) is 0 Å². The number of thioether (sulfide) groups is 1. The van der Waals surface area contributed by atoms with Crippen LogP contribution in [0.4, 0.5) is 0 Å². The van der Waals surface area contributed by atoms with Gasteiger partial charge in [0, 0.05) is 0 Å². The fraction of sp³-hybridized carbons (Fsp3) is 0.700. The van der Waals surface area contributed by atoms with Gasteiger partial charge in [-0.05, 0) is 32.4 Å². The molecule has 1 aliphatic rings. The molecule has 0 radical (unpaired) electrons. The van der Waals surface area contributed by atoms with E-state index in [9.17, 15) is 4.79 Å². The fourth-order valence-corrected chi connectivity index (χ4v) is 3.02. The summed E-state index contributed by atoms with van der Waals surface area (Å²) in [5.41, 5.74) is 0. The van der Waals surface area contributed by atoms with E-state index in [1.54, 1.807) is 11.8 Å². The van der Waals surface area contributed by atoms with Gasteiger partial charge in [-0.3, -0.25) is 9.89 Å². The summed E-state index contributed by atoms with van der Waals surface area (Å²) in [5, 5.41) is 9.51. The number of nitrogens with zero attached hydrogens (tertiary/aromatic N) is 2. The number of aromatic amines is 1. The van der Waals surface area contributed by atoms with Crippen molar-refractivity contribution >= 4 is 17.7 Å². The Hall–Kier alpha value is -1.04. The Bertz CT molecular complexity index is 359. The molecule has 6 heteroatoms. The van der Waals surface area contributed by atoms with Crippen molar-refractivity contribution in [3.05, 3.63) is 12.2 Å². The third kappa shape index (κ3) is 2.21. The average Bonchev–Trinajstić information content (AvgIpc) is 2.88. The lowest BCUT2D eigenvalue weighted by atomic mass is 10.0. The van der Waals surface area contributed by atoms with Crippen LogP contribution in [-0.2, 0) is 4.79 Å². The van der Waals surface area contributed by atoms with Gasteiger partial charge in [0.15, 0.2) is 0 Å².